The van der Waals surface area contributed by atoms with Crippen molar-refractivity contribution in [3.8, 4) is 0 Å². The van der Waals surface area contributed by atoms with E-state index < -0.39 is 11.4 Å². The van der Waals surface area contributed by atoms with Crippen LogP contribution in [0.4, 0.5) is 9.93 Å². The van der Waals surface area contributed by atoms with Gasteiger partial charge in [-0.25, -0.2) is 9.78 Å². The SMILES string of the molecule is Cc1cnc(NC(=O)N2CCCC(C)(C(=O)O)C2)s1. The van der Waals surface area contributed by atoms with Gasteiger partial charge in [0.1, 0.15) is 0 Å². The molecule has 1 aromatic rings. The summed E-state index contributed by atoms with van der Waals surface area (Å²) in [5.41, 5.74) is -0.853. The number of amides is 2. The molecule has 2 amide bonds. The summed E-state index contributed by atoms with van der Waals surface area (Å²) < 4.78 is 0. The lowest BCUT2D eigenvalue weighted by Crippen LogP contribution is -2.49. The van der Waals surface area contributed by atoms with Crippen LogP contribution in [0.2, 0.25) is 0 Å². The lowest BCUT2D eigenvalue weighted by Gasteiger charge is -2.37. The molecule has 6 nitrogen and oxygen atoms in total. The zero-order chi connectivity index (χ0) is 14.0. The van der Waals surface area contributed by atoms with E-state index in [-0.39, 0.29) is 12.6 Å². The maximum atomic E-state index is 12.1. The van der Waals surface area contributed by atoms with E-state index in [1.165, 1.54) is 11.3 Å². The van der Waals surface area contributed by atoms with Gasteiger partial charge in [0.15, 0.2) is 5.13 Å². The average molecular weight is 283 g/mol. The van der Waals surface area contributed by atoms with Crippen molar-refractivity contribution >= 4 is 28.5 Å². The van der Waals surface area contributed by atoms with E-state index in [0.29, 0.717) is 24.5 Å². The van der Waals surface area contributed by atoms with Crippen LogP contribution >= 0.6 is 11.3 Å². The summed E-state index contributed by atoms with van der Waals surface area (Å²) in [6.45, 7) is 4.41. The number of aryl methyl sites for hydroxylation is 1. The minimum Gasteiger partial charge on any atom is -0.481 e. The number of hydrogen-bond donors (Lipinski definition) is 2. The highest BCUT2D eigenvalue weighted by molar-refractivity contribution is 7.15. The van der Waals surface area contributed by atoms with E-state index in [0.717, 1.165) is 4.88 Å². The summed E-state index contributed by atoms with van der Waals surface area (Å²) >= 11 is 1.40. The van der Waals surface area contributed by atoms with Crippen molar-refractivity contribution < 1.29 is 14.7 Å². The zero-order valence-corrected chi connectivity index (χ0v) is 11.8. The molecule has 1 aromatic heterocycles. The minimum atomic E-state index is -0.853. The monoisotopic (exact) mass is 283 g/mol. The van der Waals surface area contributed by atoms with Gasteiger partial charge in [0, 0.05) is 24.2 Å². The van der Waals surface area contributed by atoms with Crippen LogP contribution in [-0.4, -0.2) is 40.1 Å². The van der Waals surface area contributed by atoms with E-state index >= 15 is 0 Å². The fourth-order valence-electron chi connectivity index (χ4n) is 2.17. The summed E-state index contributed by atoms with van der Waals surface area (Å²) in [5, 5.41) is 12.5. The Morgan fingerprint density at radius 2 is 2.32 bits per heavy atom. The third-order valence-electron chi connectivity index (χ3n) is 3.34. The van der Waals surface area contributed by atoms with E-state index in [1.807, 2.05) is 6.92 Å². The number of carbonyl (C=O) groups excluding carboxylic acids is 1. The van der Waals surface area contributed by atoms with Crippen molar-refractivity contribution in [2.45, 2.75) is 26.7 Å². The normalized spacial score (nSPS) is 23.2. The molecule has 19 heavy (non-hydrogen) atoms. The molecule has 0 saturated carbocycles. The van der Waals surface area contributed by atoms with Gasteiger partial charge < -0.3 is 10.0 Å². The quantitative estimate of drug-likeness (QED) is 0.871. The van der Waals surface area contributed by atoms with Gasteiger partial charge in [0.25, 0.3) is 0 Å². The van der Waals surface area contributed by atoms with Crippen molar-refractivity contribution in [3.05, 3.63) is 11.1 Å². The molecule has 0 aliphatic carbocycles. The van der Waals surface area contributed by atoms with Crippen LogP contribution in [-0.2, 0) is 4.79 Å². The van der Waals surface area contributed by atoms with Crippen LogP contribution in [0.1, 0.15) is 24.6 Å². The summed E-state index contributed by atoms with van der Waals surface area (Å²) in [6.07, 6.45) is 2.99. The molecule has 0 spiro atoms. The van der Waals surface area contributed by atoms with Crippen LogP contribution in [0.15, 0.2) is 6.20 Å². The topological polar surface area (TPSA) is 82.5 Å². The second-order valence-corrected chi connectivity index (χ2v) is 6.33. The Morgan fingerprint density at radius 3 is 2.89 bits per heavy atom. The van der Waals surface area contributed by atoms with Gasteiger partial charge in [-0.15, -0.1) is 11.3 Å². The molecular weight excluding hydrogens is 266 g/mol. The second kappa shape index (κ2) is 5.16. The second-order valence-electron chi connectivity index (χ2n) is 5.10. The van der Waals surface area contributed by atoms with Gasteiger partial charge >= 0.3 is 12.0 Å². The zero-order valence-electron chi connectivity index (χ0n) is 11.0. The highest BCUT2D eigenvalue weighted by atomic mass is 32.1. The molecule has 7 heteroatoms. The van der Waals surface area contributed by atoms with Crippen molar-refractivity contribution in [2.24, 2.45) is 5.41 Å². The van der Waals surface area contributed by atoms with Gasteiger partial charge in [-0.2, -0.15) is 0 Å². The molecule has 2 heterocycles. The molecule has 1 aliphatic heterocycles. The number of hydrogen-bond acceptors (Lipinski definition) is 4. The predicted octanol–water partition coefficient (Wildman–Crippen LogP) is 2.17. The van der Waals surface area contributed by atoms with Crippen LogP contribution in [0, 0.1) is 12.3 Å². The molecule has 0 aromatic carbocycles. The molecule has 0 bridgehead atoms. The number of likely N-dealkylation sites (tertiary alicyclic amines) is 1. The maximum absolute atomic E-state index is 12.1. The Kier molecular flexibility index (Phi) is 3.75. The fraction of sp³-hybridized carbons (Fsp3) is 0.583. The standard InChI is InChI=1S/C12H17N3O3S/c1-8-6-13-10(19-8)14-11(18)15-5-3-4-12(2,7-15)9(16)17/h6H,3-5,7H2,1-2H3,(H,16,17)(H,13,14,18). The van der Waals surface area contributed by atoms with Gasteiger partial charge in [-0.3, -0.25) is 10.1 Å². The lowest BCUT2D eigenvalue weighted by molar-refractivity contribution is -0.150. The first-order valence-electron chi connectivity index (χ1n) is 6.12. The summed E-state index contributed by atoms with van der Waals surface area (Å²) in [7, 11) is 0. The van der Waals surface area contributed by atoms with E-state index in [2.05, 4.69) is 10.3 Å². The number of urea groups is 1. The molecule has 1 unspecified atom stereocenters. The Hall–Kier alpha value is -1.63. The summed E-state index contributed by atoms with van der Waals surface area (Å²) in [6, 6.07) is -0.276. The predicted molar refractivity (Wildman–Crippen MR) is 72.4 cm³/mol. The number of aromatic nitrogens is 1. The third-order valence-corrected chi connectivity index (χ3v) is 4.16. The molecular formula is C12H17N3O3S. The number of aliphatic carboxylic acids is 1. The molecule has 1 saturated heterocycles. The van der Waals surface area contributed by atoms with Crippen LogP contribution in [0.25, 0.3) is 0 Å². The smallest absolute Gasteiger partial charge is 0.323 e. The van der Waals surface area contributed by atoms with Crippen molar-refractivity contribution in [1.29, 1.82) is 0 Å². The maximum Gasteiger partial charge on any atom is 0.323 e. The van der Waals surface area contributed by atoms with Crippen molar-refractivity contribution in [3.63, 3.8) is 0 Å². The first-order chi connectivity index (χ1) is 8.90. The molecule has 1 fully saturated rings. The summed E-state index contributed by atoms with van der Waals surface area (Å²) in [5.74, 6) is -0.852. The van der Waals surface area contributed by atoms with Gasteiger partial charge in [0.2, 0.25) is 0 Å². The molecule has 1 atom stereocenters. The number of nitrogens with zero attached hydrogens (tertiary/aromatic N) is 2. The van der Waals surface area contributed by atoms with Crippen molar-refractivity contribution in [1.82, 2.24) is 9.88 Å². The van der Waals surface area contributed by atoms with E-state index in [4.69, 9.17) is 0 Å². The largest absolute Gasteiger partial charge is 0.481 e. The Labute approximate surface area is 115 Å². The van der Waals surface area contributed by atoms with Crippen LogP contribution in [0.5, 0.6) is 0 Å². The number of carboxylic acids is 1. The molecule has 104 valence electrons. The number of anilines is 1. The Bertz CT molecular complexity index is 502. The molecule has 2 rings (SSSR count). The highest BCUT2D eigenvalue weighted by Gasteiger charge is 2.39. The minimum absolute atomic E-state index is 0.235. The summed E-state index contributed by atoms with van der Waals surface area (Å²) in [4.78, 5) is 29.9. The fourth-order valence-corrected chi connectivity index (χ4v) is 2.82. The first-order valence-corrected chi connectivity index (χ1v) is 6.94. The first kappa shape index (κ1) is 13.8. The molecule has 2 N–H and O–H groups in total. The molecule has 1 aliphatic rings. The van der Waals surface area contributed by atoms with Crippen molar-refractivity contribution in [2.75, 3.05) is 18.4 Å². The van der Waals surface area contributed by atoms with E-state index in [9.17, 15) is 14.7 Å². The van der Waals surface area contributed by atoms with E-state index in [1.54, 1.807) is 18.0 Å². The molecule has 0 radical (unpaired) electrons. The average Bonchev–Trinajstić information content (AvgIpc) is 2.74. The number of thiazole rings is 1. The van der Waals surface area contributed by atoms with Crippen LogP contribution < -0.4 is 5.32 Å². The van der Waals surface area contributed by atoms with Crippen LogP contribution in [0.3, 0.4) is 0 Å². The number of carboxylic acid groups (broad SMARTS) is 1. The number of nitrogens with one attached hydrogen (secondary N) is 1. The number of carbonyl (C=O) groups is 2. The van der Waals surface area contributed by atoms with Gasteiger partial charge in [-0.05, 0) is 26.7 Å². The number of rotatable bonds is 2. The van der Waals surface area contributed by atoms with Gasteiger partial charge in [-0.1, -0.05) is 0 Å². The Morgan fingerprint density at radius 1 is 1.58 bits per heavy atom. The lowest BCUT2D eigenvalue weighted by atomic mass is 9.82. The number of piperidine rings is 1. The highest BCUT2D eigenvalue weighted by Crippen LogP contribution is 2.30. The third kappa shape index (κ3) is 3.04. The Balaban J connectivity index is 2.01. The van der Waals surface area contributed by atoms with Gasteiger partial charge in [0.05, 0.1) is 5.41 Å².